The maximum Gasteiger partial charge on any atom is 0.221 e. The van der Waals surface area contributed by atoms with E-state index in [0.29, 0.717) is 18.5 Å². The summed E-state index contributed by atoms with van der Waals surface area (Å²) in [4.78, 5) is 12.1. The standard InChI is InChI=1S/C20H21FN4O/c21-19-5-2-1-4-16(19)12-17(22)13-20(26)23-14-15-6-8-18(9-7-15)25-11-3-10-24-25/h1-11,17H,12-14,22H2,(H,23,26)/t17-/m1/s1. The Balaban J connectivity index is 1.47. The molecule has 0 spiro atoms. The highest BCUT2D eigenvalue weighted by Gasteiger charge is 2.12. The average molecular weight is 352 g/mol. The van der Waals surface area contributed by atoms with Crippen molar-refractivity contribution < 1.29 is 9.18 Å². The van der Waals surface area contributed by atoms with E-state index < -0.39 is 6.04 Å². The van der Waals surface area contributed by atoms with Crippen LogP contribution in [0, 0.1) is 5.82 Å². The lowest BCUT2D eigenvalue weighted by atomic mass is 10.0. The largest absolute Gasteiger partial charge is 0.352 e. The minimum absolute atomic E-state index is 0.148. The number of nitrogens with two attached hydrogens (primary N) is 1. The van der Waals surface area contributed by atoms with Crippen molar-refractivity contribution >= 4 is 5.91 Å². The summed E-state index contributed by atoms with van der Waals surface area (Å²) >= 11 is 0. The predicted molar refractivity (Wildman–Crippen MR) is 98.1 cm³/mol. The molecule has 0 radical (unpaired) electrons. The van der Waals surface area contributed by atoms with Gasteiger partial charge in [0.1, 0.15) is 5.82 Å². The minimum atomic E-state index is -0.422. The first-order valence-corrected chi connectivity index (χ1v) is 8.46. The van der Waals surface area contributed by atoms with Crippen LogP contribution < -0.4 is 11.1 Å². The monoisotopic (exact) mass is 352 g/mol. The summed E-state index contributed by atoms with van der Waals surface area (Å²) in [5.74, 6) is -0.439. The van der Waals surface area contributed by atoms with Crippen molar-refractivity contribution in [1.82, 2.24) is 15.1 Å². The summed E-state index contributed by atoms with van der Waals surface area (Å²) in [5.41, 5.74) is 8.45. The van der Waals surface area contributed by atoms with Gasteiger partial charge in [-0.25, -0.2) is 9.07 Å². The number of amides is 1. The van der Waals surface area contributed by atoms with Crippen LogP contribution >= 0.6 is 0 Å². The quantitative estimate of drug-likeness (QED) is 0.686. The molecule has 6 heteroatoms. The molecule has 5 nitrogen and oxygen atoms in total. The Bertz CT molecular complexity index is 847. The first kappa shape index (κ1) is 17.8. The Morgan fingerprint density at radius 3 is 2.62 bits per heavy atom. The van der Waals surface area contributed by atoms with E-state index in [1.54, 1.807) is 29.1 Å². The Kier molecular flexibility index (Phi) is 5.76. The summed E-state index contributed by atoms with van der Waals surface area (Å²) in [6, 6.07) is 15.7. The van der Waals surface area contributed by atoms with Gasteiger partial charge in [0.2, 0.25) is 5.91 Å². The SMILES string of the molecule is N[C@@H](CC(=O)NCc1ccc(-n2cccn2)cc1)Cc1ccccc1F. The minimum Gasteiger partial charge on any atom is -0.352 e. The molecule has 0 aliphatic carbocycles. The van der Waals surface area contributed by atoms with Crippen LogP contribution in [0.2, 0.25) is 0 Å². The summed E-state index contributed by atoms with van der Waals surface area (Å²) in [6.45, 7) is 0.421. The van der Waals surface area contributed by atoms with E-state index in [-0.39, 0.29) is 18.1 Å². The molecule has 3 N–H and O–H groups in total. The highest BCUT2D eigenvalue weighted by Crippen LogP contribution is 2.11. The molecule has 3 rings (SSSR count). The Hall–Kier alpha value is -2.99. The van der Waals surface area contributed by atoms with Gasteiger partial charge in [0.05, 0.1) is 5.69 Å². The lowest BCUT2D eigenvalue weighted by Crippen LogP contribution is -2.33. The normalized spacial score (nSPS) is 11.9. The number of hydrogen-bond donors (Lipinski definition) is 2. The smallest absolute Gasteiger partial charge is 0.221 e. The molecule has 134 valence electrons. The number of carbonyl (C=O) groups is 1. The zero-order valence-corrected chi connectivity index (χ0v) is 14.3. The van der Waals surface area contributed by atoms with Gasteiger partial charge >= 0.3 is 0 Å². The second-order valence-electron chi connectivity index (χ2n) is 6.15. The molecule has 0 saturated carbocycles. The number of benzene rings is 2. The van der Waals surface area contributed by atoms with Gasteiger partial charge in [-0.15, -0.1) is 0 Å². The van der Waals surface area contributed by atoms with Crippen LogP contribution in [0.25, 0.3) is 5.69 Å². The van der Waals surface area contributed by atoms with Crippen LogP contribution in [0.4, 0.5) is 4.39 Å². The fourth-order valence-corrected chi connectivity index (χ4v) is 2.72. The van der Waals surface area contributed by atoms with Crippen molar-refractivity contribution in [2.24, 2.45) is 5.73 Å². The summed E-state index contributed by atoms with van der Waals surface area (Å²) < 4.78 is 15.4. The van der Waals surface area contributed by atoms with Gasteiger partial charge in [0, 0.05) is 31.4 Å². The van der Waals surface area contributed by atoms with Crippen molar-refractivity contribution in [3.05, 3.63) is 83.9 Å². The number of carbonyl (C=O) groups excluding carboxylic acids is 1. The summed E-state index contributed by atoms with van der Waals surface area (Å²) in [6.07, 6.45) is 4.07. The molecule has 0 bridgehead atoms. The van der Waals surface area contributed by atoms with E-state index in [1.807, 2.05) is 36.5 Å². The molecule has 0 aliphatic rings. The molecular formula is C20H21FN4O. The second-order valence-corrected chi connectivity index (χ2v) is 6.15. The van der Waals surface area contributed by atoms with Crippen molar-refractivity contribution in [1.29, 1.82) is 0 Å². The lowest BCUT2D eigenvalue weighted by Gasteiger charge is -2.12. The third kappa shape index (κ3) is 4.77. The number of aromatic nitrogens is 2. The Morgan fingerprint density at radius 1 is 1.15 bits per heavy atom. The third-order valence-corrected chi connectivity index (χ3v) is 4.08. The highest BCUT2D eigenvalue weighted by atomic mass is 19.1. The van der Waals surface area contributed by atoms with E-state index >= 15 is 0 Å². The van der Waals surface area contributed by atoms with Gasteiger partial charge in [-0.3, -0.25) is 4.79 Å². The highest BCUT2D eigenvalue weighted by molar-refractivity contribution is 5.76. The number of nitrogens with one attached hydrogen (secondary N) is 1. The molecule has 1 atom stereocenters. The molecular weight excluding hydrogens is 331 g/mol. The maximum absolute atomic E-state index is 13.6. The van der Waals surface area contributed by atoms with Crippen LogP contribution in [0.3, 0.4) is 0 Å². The van der Waals surface area contributed by atoms with Crippen LogP contribution in [0.1, 0.15) is 17.5 Å². The van der Waals surface area contributed by atoms with Crippen molar-refractivity contribution in [2.45, 2.75) is 25.4 Å². The topological polar surface area (TPSA) is 72.9 Å². The molecule has 0 unspecified atom stereocenters. The number of halogens is 1. The van der Waals surface area contributed by atoms with Crippen molar-refractivity contribution in [3.63, 3.8) is 0 Å². The van der Waals surface area contributed by atoms with Gasteiger partial charge in [-0.2, -0.15) is 5.10 Å². The van der Waals surface area contributed by atoms with Crippen LogP contribution in [-0.2, 0) is 17.8 Å². The average Bonchev–Trinajstić information content (AvgIpc) is 3.17. The zero-order valence-electron chi connectivity index (χ0n) is 14.3. The first-order chi connectivity index (χ1) is 12.6. The molecule has 0 saturated heterocycles. The van der Waals surface area contributed by atoms with Crippen molar-refractivity contribution in [2.75, 3.05) is 0 Å². The second kappa shape index (κ2) is 8.40. The van der Waals surface area contributed by atoms with Crippen LogP contribution in [0.15, 0.2) is 67.0 Å². The van der Waals surface area contributed by atoms with Gasteiger partial charge < -0.3 is 11.1 Å². The van der Waals surface area contributed by atoms with Crippen LogP contribution in [-0.4, -0.2) is 21.7 Å². The molecule has 3 aromatic rings. The molecule has 0 fully saturated rings. The summed E-state index contributed by atoms with van der Waals surface area (Å²) in [7, 11) is 0. The van der Waals surface area contributed by atoms with E-state index in [9.17, 15) is 9.18 Å². The number of rotatable bonds is 7. The lowest BCUT2D eigenvalue weighted by molar-refractivity contribution is -0.121. The third-order valence-electron chi connectivity index (χ3n) is 4.08. The number of nitrogens with zero attached hydrogens (tertiary/aromatic N) is 2. The Morgan fingerprint density at radius 2 is 1.92 bits per heavy atom. The molecule has 1 heterocycles. The molecule has 2 aromatic carbocycles. The number of hydrogen-bond acceptors (Lipinski definition) is 3. The maximum atomic E-state index is 13.6. The fraction of sp³-hybridized carbons (Fsp3) is 0.200. The molecule has 1 aromatic heterocycles. The zero-order chi connectivity index (χ0) is 18.4. The van der Waals surface area contributed by atoms with Crippen LogP contribution in [0.5, 0.6) is 0 Å². The van der Waals surface area contributed by atoms with Crippen molar-refractivity contribution in [3.8, 4) is 5.69 Å². The van der Waals surface area contributed by atoms with E-state index in [4.69, 9.17) is 5.73 Å². The van der Waals surface area contributed by atoms with Gasteiger partial charge in [0.25, 0.3) is 0 Å². The van der Waals surface area contributed by atoms with E-state index in [0.717, 1.165) is 11.3 Å². The fourth-order valence-electron chi connectivity index (χ4n) is 2.72. The van der Waals surface area contributed by atoms with Gasteiger partial charge in [-0.1, -0.05) is 30.3 Å². The van der Waals surface area contributed by atoms with E-state index in [1.165, 1.54) is 6.07 Å². The molecule has 26 heavy (non-hydrogen) atoms. The summed E-state index contributed by atoms with van der Waals surface area (Å²) in [5, 5.41) is 7.02. The van der Waals surface area contributed by atoms with Gasteiger partial charge in [-0.05, 0) is 41.8 Å². The Labute approximate surface area is 151 Å². The predicted octanol–water partition coefficient (Wildman–Crippen LogP) is 2.59. The van der Waals surface area contributed by atoms with E-state index in [2.05, 4.69) is 10.4 Å². The molecule has 0 aliphatic heterocycles. The first-order valence-electron chi connectivity index (χ1n) is 8.46. The van der Waals surface area contributed by atoms with Gasteiger partial charge in [0.15, 0.2) is 0 Å². The molecule has 1 amide bonds.